The Morgan fingerprint density at radius 2 is 1.77 bits per heavy atom. The van der Waals surface area contributed by atoms with Crippen LogP contribution < -0.4 is 5.32 Å². The van der Waals surface area contributed by atoms with Gasteiger partial charge in [0.1, 0.15) is 11.5 Å². The van der Waals surface area contributed by atoms with Crippen molar-refractivity contribution in [1.29, 1.82) is 0 Å². The molecule has 1 N–H and O–H groups in total. The lowest BCUT2D eigenvalue weighted by atomic mass is 10.1. The first-order valence-corrected chi connectivity index (χ1v) is 8.95. The van der Waals surface area contributed by atoms with Gasteiger partial charge >= 0.3 is 0 Å². The Kier molecular flexibility index (Phi) is 4.10. The first kappa shape index (κ1) is 16.2. The zero-order valence-corrected chi connectivity index (χ0v) is 14.8. The average Bonchev–Trinajstić information content (AvgIpc) is 3.25. The van der Waals surface area contributed by atoms with E-state index in [4.69, 9.17) is 0 Å². The zero-order valence-electron chi connectivity index (χ0n) is 14.0. The molecule has 0 spiro atoms. The summed E-state index contributed by atoms with van der Waals surface area (Å²) in [5.41, 5.74) is 2.91. The number of ketones is 1. The average molecular weight is 361 g/mol. The van der Waals surface area contributed by atoms with Gasteiger partial charge in [0, 0.05) is 22.7 Å². The molecule has 0 aliphatic carbocycles. The topological polar surface area (TPSA) is 63.5 Å². The molecule has 2 aromatic carbocycles. The smallest absolute Gasteiger partial charge is 0.297 e. The highest BCUT2D eigenvalue weighted by molar-refractivity contribution is 7.15. The maximum atomic E-state index is 12.5. The molecule has 0 bridgehead atoms. The largest absolute Gasteiger partial charge is 0.303 e. The number of nitrogens with one attached hydrogen (secondary N) is 1. The second-order valence-electron chi connectivity index (χ2n) is 5.88. The van der Waals surface area contributed by atoms with Crippen molar-refractivity contribution in [2.24, 2.45) is 0 Å². The van der Waals surface area contributed by atoms with Gasteiger partial charge in [-0.1, -0.05) is 60.2 Å². The number of thiazole rings is 1. The fraction of sp³-hybridized carbons (Fsp3) is 0.0500. The standard InChI is InChI=1S/C20H15N3O2S/c1-13-7-9-15(10-8-13)17(24)19(25)22-18-16(14-5-3-2-4-6-14)21-20-23(18)11-12-26-20/h2-12H,1H3,(H,22,25). The first-order valence-electron chi connectivity index (χ1n) is 8.07. The summed E-state index contributed by atoms with van der Waals surface area (Å²) in [4.78, 5) is 30.4. The quantitative estimate of drug-likeness (QED) is 0.438. The van der Waals surface area contributed by atoms with Crippen LogP contribution in [0, 0.1) is 6.92 Å². The molecule has 0 fully saturated rings. The third-order valence-corrected chi connectivity index (χ3v) is 4.82. The van der Waals surface area contributed by atoms with E-state index in [0.717, 1.165) is 16.1 Å². The second kappa shape index (κ2) is 6.57. The van der Waals surface area contributed by atoms with Crippen LogP contribution in [0.15, 0.2) is 66.2 Å². The van der Waals surface area contributed by atoms with Crippen LogP contribution in [0.5, 0.6) is 0 Å². The van der Waals surface area contributed by atoms with Gasteiger partial charge in [0.05, 0.1) is 0 Å². The summed E-state index contributed by atoms with van der Waals surface area (Å²) in [6.45, 7) is 1.93. The minimum Gasteiger partial charge on any atom is -0.303 e. The monoisotopic (exact) mass is 361 g/mol. The Bertz CT molecular complexity index is 1100. The highest BCUT2D eigenvalue weighted by atomic mass is 32.1. The summed E-state index contributed by atoms with van der Waals surface area (Å²) in [5.74, 6) is -0.758. The van der Waals surface area contributed by atoms with Gasteiger partial charge in [-0.25, -0.2) is 4.98 Å². The number of aromatic nitrogens is 2. The number of rotatable bonds is 4. The van der Waals surface area contributed by atoms with Crippen molar-refractivity contribution in [1.82, 2.24) is 9.38 Å². The van der Waals surface area contributed by atoms with Gasteiger partial charge in [-0.15, -0.1) is 11.3 Å². The summed E-state index contributed by atoms with van der Waals surface area (Å²) in [7, 11) is 0. The number of fused-ring (bicyclic) bond motifs is 1. The number of carbonyl (C=O) groups is 2. The van der Waals surface area contributed by atoms with Crippen molar-refractivity contribution < 1.29 is 9.59 Å². The predicted molar refractivity (Wildman–Crippen MR) is 103 cm³/mol. The Morgan fingerprint density at radius 1 is 1.04 bits per heavy atom. The van der Waals surface area contributed by atoms with Crippen LogP contribution in [0.4, 0.5) is 5.82 Å². The number of carbonyl (C=O) groups excluding carboxylic acids is 2. The second-order valence-corrected chi connectivity index (χ2v) is 6.75. The Hall–Kier alpha value is -3.25. The normalized spacial score (nSPS) is 10.8. The van der Waals surface area contributed by atoms with Crippen LogP contribution >= 0.6 is 11.3 Å². The summed E-state index contributed by atoms with van der Waals surface area (Å²) in [6, 6.07) is 16.5. The molecule has 128 valence electrons. The van der Waals surface area contributed by atoms with Gasteiger partial charge in [0.15, 0.2) is 4.96 Å². The van der Waals surface area contributed by atoms with E-state index in [1.165, 1.54) is 11.3 Å². The summed E-state index contributed by atoms with van der Waals surface area (Å²) in [5, 5.41) is 4.63. The third-order valence-electron chi connectivity index (χ3n) is 4.06. The number of anilines is 1. The predicted octanol–water partition coefficient (Wildman–Crippen LogP) is 4.19. The number of hydrogen-bond donors (Lipinski definition) is 1. The lowest BCUT2D eigenvalue weighted by Crippen LogP contribution is -2.23. The molecule has 6 heteroatoms. The zero-order chi connectivity index (χ0) is 18.1. The minimum atomic E-state index is -0.681. The van der Waals surface area contributed by atoms with E-state index < -0.39 is 11.7 Å². The van der Waals surface area contributed by atoms with Gasteiger partial charge in [-0.3, -0.25) is 14.0 Å². The highest BCUT2D eigenvalue weighted by Crippen LogP contribution is 2.30. The maximum Gasteiger partial charge on any atom is 0.297 e. The van der Waals surface area contributed by atoms with Crippen LogP contribution in [0.1, 0.15) is 15.9 Å². The van der Waals surface area contributed by atoms with Gasteiger partial charge in [0.25, 0.3) is 11.7 Å². The first-order chi connectivity index (χ1) is 12.6. The fourth-order valence-corrected chi connectivity index (χ4v) is 3.42. The number of imidazole rings is 1. The van der Waals surface area contributed by atoms with Gasteiger partial charge in [0.2, 0.25) is 0 Å². The van der Waals surface area contributed by atoms with Gasteiger partial charge in [-0.05, 0) is 6.92 Å². The molecule has 4 rings (SSSR count). The van der Waals surface area contributed by atoms with Crippen LogP contribution in [-0.2, 0) is 4.79 Å². The van der Waals surface area contributed by atoms with Crippen molar-refractivity contribution in [2.75, 3.05) is 5.32 Å². The van der Waals surface area contributed by atoms with Crippen LogP contribution in [0.25, 0.3) is 16.2 Å². The van der Waals surface area contributed by atoms with Crippen molar-refractivity contribution in [2.45, 2.75) is 6.92 Å². The Balaban J connectivity index is 1.70. The number of benzene rings is 2. The van der Waals surface area contributed by atoms with Crippen molar-refractivity contribution >= 4 is 33.8 Å². The van der Waals surface area contributed by atoms with Crippen molar-refractivity contribution in [3.8, 4) is 11.3 Å². The molecule has 0 aliphatic heterocycles. The minimum absolute atomic E-state index is 0.362. The molecule has 0 unspecified atom stereocenters. The van der Waals surface area contributed by atoms with Crippen molar-refractivity contribution in [3.05, 3.63) is 77.3 Å². The van der Waals surface area contributed by atoms with Gasteiger partial charge in [-0.2, -0.15) is 0 Å². The van der Waals surface area contributed by atoms with E-state index in [1.807, 2.05) is 61.0 Å². The van der Waals surface area contributed by atoms with Crippen LogP contribution in [0.2, 0.25) is 0 Å². The molecule has 2 aromatic heterocycles. The fourth-order valence-electron chi connectivity index (χ4n) is 2.70. The third kappa shape index (κ3) is 2.91. The lowest BCUT2D eigenvalue weighted by Gasteiger charge is -2.07. The molecule has 0 saturated heterocycles. The Morgan fingerprint density at radius 3 is 2.50 bits per heavy atom. The summed E-state index contributed by atoms with van der Waals surface area (Å²) >= 11 is 1.47. The molecule has 26 heavy (non-hydrogen) atoms. The molecule has 0 saturated carbocycles. The van der Waals surface area contributed by atoms with Gasteiger partial charge < -0.3 is 5.32 Å². The SMILES string of the molecule is Cc1ccc(C(=O)C(=O)Nc2c(-c3ccccc3)nc3sccn23)cc1. The van der Waals surface area contributed by atoms with E-state index in [2.05, 4.69) is 10.3 Å². The molecule has 0 radical (unpaired) electrons. The van der Waals surface area contributed by atoms with Crippen LogP contribution in [0.3, 0.4) is 0 Å². The molecule has 5 nitrogen and oxygen atoms in total. The molecule has 2 heterocycles. The van der Waals surface area contributed by atoms with E-state index in [9.17, 15) is 9.59 Å². The van der Waals surface area contributed by atoms with Crippen LogP contribution in [-0.4, -0.2) is 21.1 Å². The van der Waals surface area contributed by atoms with E-state index in [0.29, 0.717) is 17.1 Å². The molecule has 0 aliphatic rings. The number of aryl methyl sites for hydroxylation is 1. The van der Waals surface area contributed by atoms with E-state index in [-0.39, 0.29) is 0 Å². The highest BCUT2D eigenvalue weighted by Gasteiger charge is 2.21. The molecule has 4 aromatic rings. The number of hydrogen-bond acceptors (Lipinski definition) is 4. The molecule has 1 amide bonds. The number of nitrogens with zero attached hydrogens (tertiary/aromatic N) is 2. The maximum absolute atomic E-state index is 12.5. The molecular formula is C20H15N3O2S. The van der Waals surface area contributed by atoms with E-state index >= 15 is 0 Å². The Labute approximate surface area is 153 Å². The number of Topliss-reactive ketones (excluding diaryl/α,β-unsaturated/α-hetero) is 1. The van der Waals surface area contributed by atoms with E-state index in [1.54, 1.807) is 16.5 Å². The summed E-state index contributed by atoms with van der Waals surface area (Å²) in [6.07, 6.45) is 1.82. The molecule has 0 atom stereocenters. The lowest BCUT2D eigenvalue weighted by molar-refractivity contribution is -0.112. The summed E-state index contributed by atoms with van der Waals surface area (Å²) < 4.78 is 1.79. The number of amides is 1. The molecular weight excluding hydrogens is 346 g/mol. The van der Waals surface area contributed by atoms with Crippen molar-refractivity contribution in [3.63, 3.8) is 0 Å².